The number of nitrogens with zero attached hydrogens (tertiary/aromatic N) is 1. The number of anilines is 1. The van der Waals surface area contributed by atoms with Crippen LogP contribution < -0.4 is 5.32 Å². The molecule has 0 aromatic heterocycles. The van der Waals surface area contributed by atoms with E-state index >= 15 is 0 Å². The first-order chi connectivity index (χ1) is 8.17. The van der Waals surface area contributed by atoms with Crippen LogP contribution in [0.25, 0.3) is 0 Å². The largest absolute Gasteiger partial charge is 0.396 e. The van der Waals surface area contributed by atoms with Crippen molar-refractivity contribution in [2.24, 2.45) is 0 Å². The highest BCUT2D eigenvalue weighted by Crippen LogP contribution is 2.17. The van der Waals surface area contributed by atoms with Crippen LogP contribution >= 0.6 is 11.8 Å². The SMILES string of the molecule is CSCC(CCO)Nc1ccc([N+](=O)[O-])cc1. The summed E-state index contributed by atoms with van der Waals surface area (Å²) in [5.74, 6) is 0.886. The second-order valence-corrected chi connectivity index (χ2v) is 4.52. The number of hydrogen-bond donors (Lipinski definition) is 2. The lowest BCUT2D eigenvalue weighted by molar-refractivity contribution is -0.384. The van der Waals surface area contributed by atoms with Crippen molar-refractivity contribution in [2.45, 2.75) is 12.5 Å². The highest BCUT2D eigenvalue weighted by atomic mass is 32.2. The molecule has 0 saturated carbocycles. The summed E-state index contributed by atoms with van der Waals surface area (Å²) >= 11 is 1.70. The smallest absolute Gasteiger partial charge is 0.269 e. The summed E-state index contributed by atoms with van der Waals surface area (Å²) in [5.41, 5.74) is 0.919. The monoisotopic (exact) mass is 256 g/mol. The van der Waals surface area contributed by atoms with Crippen LogP contribution in [0.2, 0.25) is 0 Å². The van der Waals surface area contributed by atoms with Crippen LogP contribution in [-0.4, -0.2) is 34.7 Å². The van der Waals surface area contributed by atoms with Crippen LogP contribution in [0.4, 0.5) is 11.4 Å². The molecule has 2 N–H and O–H groups in total. The topological polar surface area (TPSA) is 75.4 Å². The molecule has 17 heavy (non-hydrogen) atoms. The Kier molecular flexibility index (Phi) is 5.79. The van der Waals surface area contributed by atoms with Gasteiger partial charge in [0, 0.05) is 36.2 Å². The van der Waals surface area contributed by atoms with E-state index in [1.165, 1.54) is 12.1 Å². The number of rotatable bonds is 7. The summed E-state index contributed by atoms with van der Waals surface area (Å²) in [7, 11) is 0. The number of benzene rings is 1. The van der Waals surface area contributed by atoms with Crippen molar-refractivity contribution in [3.05, 3.63) is 34.4 Å². The van der Waals surface area contributed by atoms with Crippen molar-refractivity contribution >= 4 is 23.1 Å². The van der Waals surface area contributed by atoms with E-state index in [0.717, 1.165) is 11.4 Å². The molecule has 94 valence electrons. The zero-order valence-corrected chi connectivity index (χ0v) is 10.4. The fourth-order valence-electron chi connectivity index (χ4n) is 1.47. The first kappa shape index (κ1) is 13.8. The second kappa shape index (κ2) is 7.13. The molecule has 6 heteroatoms. The van der Waals surface area contributed by atoms with E-state index in [4.69, 9.17) is 5.11 Å². The summed E-state index contributed by atoms with van der Waals surface area (Å²) in [4.78, 5) is 10.1. The van der Waals surface area contributed by atoms with E-state index in [-0.39, 0.29) is 18.3 Å². The average Bonchev–Trinajstić information content (AvgIpc) is 2.30. The summed E-state index contributed by atoms with van der Waals surface area (Å²) in [5, 5.41) is 22.7. The number of nitrogens with one attached hydrogen (secondary N) is 1. The summed E-state index contributed by atoms with van der Waals surface area (Å²) in [6.07, 6.45) is 2.67. The van der Waals surface area contributed by atoms with E-state index in [1.54, 1.807) is 23.9 Å². The molecular weight excluding hydrogens is 240 g/mol. The minimum atomic E-state index is -0.420. The van der Waals surface area contributed by atoms with Gasteiger partial charge in [0.05, 0.1) is 4.92 Å². The van der Waals surface area contributed by atoms with Crippen LogP contribution in [0.3, 0.4) is 0 Å². The fraction of sp³-hybridized carbons (Fsp3) is 0.455. The molecule has 1 rings (SSSR count). The molecule has 0 spiro atoms. The number of aliphatic hydroxyl groups excluding tert-OH is 1. The summed E-state index contributed by atoms with van der Waals surface area (Å²) in [6.45, 7) is 0.130. The third-order valence-corrected chi connectivity index (χ3v) is 3.03. The Morgan fingerprint density at radius 1 is 1.47 bits per heavy atom. The Labute approximate surface area is 104 Å². The van der Waals surface area contributed by atoms with Gasteiger partial charge < -0.3 is 10.4 Å². The number of nitro groups is 1. The Morgan fingerprint density at radius 3 is 2.59 bits per heavy atom. The maximum absolute atomic E-state index is 10.5. The van der Waals surface area contributed by atoms with Crippen LogP contribution in [-0.2, 0) is 0 Å². The molecule has 0 amide bonds. The second-order valence-electron chi connectivity index (χ2n) is 3.61. The van der Waals surface area contributed by atoms with Gasteiger partial charge in [0.15, 0.2) is 0 Å². The molecule has 0 radical (unpaired) electrons. The van der Waals surface area contributed by atoms with Crippen molar-refractivity contribution in [1.29, 1.82) is 0 Å². The van der Waals surface area contributed by atoms with Crippen molar-refractivity contribution in [2.75, 3.05) is 23.9 Å². The van der Waals surface area contributed by atoms with Crippen molar-refractivity contribution < 1.29 is 10.0 Å². The van der Waals surface area contributed by atoms with E-state index < -0.39 is 4.92 Å². The molecule has 0 aliphatic carbocycles. The number of hydrogen-bond acceptors (Lipinski definition) is 5. The Balaban J connectivity index is 2.62. The highest BCUT2D eigenvalue weighted by molar-refractivity contribution is 7.98. The lowest BCUT2D eigenvalue weighted by atomic mass is 10.2. The van der Waals surface area contributed by atoms with Gasteiger partial charge in [0.25, 0.3) is 5.69 Å². The third-order valence-electron chi connectivity index (χ3n) is 2.29. The van der Waals surface area contributed by atoms with Crippen molar-refractivity contribution in [3.63, 3.8) is 0 Å². The van der Waals surface area contributed by atoms with Crippen molar-refractivity contribution in [3.8, 4) is 0 Å². The predicted octanol–water partition coefficient (Wildman–Crippen LogP) is 2.12. The first-order valence-corrected chi connectivity index (χ1v) is 6.67. The Hall–Kier alpha value is -1.27. The molecular formula is C11H16N2O3S. The number of non-ortho nitro benzene ring substituents is 1. The molecule has 1 unspecified atom stereocenters. The quantitative estimate of drug-likeness (QED) is 0.577. The summed E-state index contributed by atoms with van der Waals surface area (Å²) in [6, 6.07) is 6.48. The fourth-order valence-corrected chi connectivity index (χ4v) is 2.12. The van der Waals surface area contributed by atoms with Crippen molar-refractivity contribution in [1.82, 2.24) is 0 Å². The average molecular weight is 256 g/mol. The standard InChI is InChI=1S/C11H16N2O3S/c1-17-8-10(6-7-14)12-9-2-4-11(5-3-9)13(15)16/h2-5,10,12,14H,6-8H2,1H3. The molecule has 5 nitrogen and oxygen atoms in total. The molecule has 0 aliphatic heterocycles. The summed E-state index contributed by atoms with van der Waals surface area (Å²) < 4.78 is 0. The van der Waals surface area contributed by atoms with E-state index in [9.17, 15) is 10.1 Å². The lowest BCUT2D eigenvalue weighted by Crippen LogP contribution is -2.23. The number of nitro benzene ring substituents is 1. The minimum absolute atomic E-state index is 0.0825. The van der Waals surface area contributed by atoms with Gasteiger partial charge in [-0.3, -0.25) is 10.1 Å². The van der Waals surface area contributed by atoms with Crippen LogP contribution in [0.15, 0.2) is 24.3 Å². The van der Waals surface area contributed by atoms with Gasteiger partial charge in [-0.2, -0.15) is 11.8 Å². The maximum Gasteiger partial charge on any atom is 0.269 e. The van der Waals surface area contributed by atoms with Gasteiger partial charge in [-0.15, -0.1) is 0 Å². The Morgan fingerprint density at radius 2 is 2.12 bits per heavy atom. The molecule has 0 saturated heterocycles. The molecule has 0 fully saturated rings. The van der Waals surface area contributed by atoms with E-state index in [0.29, 0.717) is 6.42 Å². The zero-order chi connectivity index (χ0) is 12.7. The molecule has 1 aromatic carbocycles. The minimum Gasteiger partial charge on any atom is -0.396 e. The van der Waals surface area contributed by atoms with Gasteiger partial charge in [-0.05, 0) is 24.8 Å². The zero-order valence-electron chi connectivity index (χ0n) is 9.63. The Bertz CT molecular complexity index is 350. The van der Waals surface area contributed by atoms with Crippen LogP contribution in [0.1, 0.15) is 6.42 Å². The molecule has 1 aromatic rings. The van der Waals surface area contributed by atoms with E-state index in [1.807, 2.05) is 6.26 Å². The lowest BCUT2D eigenvalue weighted by Gasteiger charge is -2.17. The number of thioether (sulfide) groups is 1. The van der Waals surface area contributed by atoms with Gasteiger partial charge >= 0.3 is 0 Å². The molecule has 0 aliphatic rings. The van der Waals surface area contributed by atoms with Crippen LogP contribution in [0, 0.1) is 10.1 Å². The maximum atomic E-state index is 10.5. The van der Waals surface area contributed by atoms with Gasteiger partial charge in [-0.25, -0.2) is 0 Å². The predicted molar refractivity (Wildman–Crippen MR) is 70.6 cm³/mol. The normalized spacial score (nSPS) is 12.1. The molecule has 1 atom stereocenters. The molecule has 0 heterocycles. The third kappa shape index (κ3) is 4.62. The number of aliphatic hydroxyl groups is 1. The highest BCUT2D eigenvalue weighted by Gasteiger charge is 2.08. The van der Waals surface area contributed by atoms with E-state index in [2.05, 4.69) is 5.32 Å². The van der Waals surface area contributed by atoms with Gasteiger partial charge in [0.2, 0.25) is 0 Å². The first-order valence-electron chi connectivity index (χ1n) is 5.28. The van der Waals surface area contributed by atoms with Gasteiger partial charge in [0.1, 0.15) is 0 Å². The van der Waals surface area contributed by atoms with Crippen LogP contribution in [0.5, 0.6) is 0 Å². The molecule has 0 bridgehead atoms. The van der Waals surface area contributed by atoms with Gasteiger partial charge in [-0.1, -0.05) is 0 Å².